The Morgan fingerprint density at radius 1 is 1.24 bits per heavy atom. The van der Waals surface area contributed by atoms with Gasteiger partial charge in [0.25, 0.3) is 5.91 Å². The third kappa shape index (κ3) is 2.26. The summed E-state index contributed by atoms with van der Waals surface area (Å²) in [7, 11) is 0. The highest BCUT2D eigenvalue weighted by Gasteiger charge is 2.31. The molecule has 110 valence electrons. The number of aromatic nitrogens is 4. The van der Waals surface area contributed by atoms with Gasteiger partial charge in [0.1, 0.15) is 11.3 Å². The maximum atomic E-state index is 13.0. The van der Waals surface area contributed by atoms with Crippen LogP contribution in [0.25, 0.3) is 5.00 Å². The molecule has 4 rings (SSSR count). The zero-order valence-corrected chi connectivity index (χ0v) is 13.1. The number of nitrogens with zero attached hydrogens (tertiary/aromatic N) is 5. The van der Waals surface area contributed by atoms with E-state index < -0.39 is 0 Å². The molecule has 1 aliphatic heterocycles. The van der Waals surface area contributed by atoms with Gasteiger partial charge >= 0.3 is 0 Å². The second kappa shape index (κ2) is 5.42. The third-order valence-electron chi connectivity index (χ3n) is 3.97. The van der Waals surface area contributed by atoms with Gasteiger partial charge in [0, 0.05) is 29.5 Å². The summed E-state index contributed by atoms with van der Waals surface area (Å²) in [6.07, 6.45) is 4.78. The first-order valence-corrected chi connectivity index (χ1v) is 9.06. The first-order chi connectivity index (χ1) is 10.3. The van der Waals surface area contributed by atoms with E-state index in [1.165, 1.54) is 10.4 Å². The molecule has 0 unspecified atom stereocenters. The van der Waals surface area contributed by atoms with Gasteiger partial charge in [-0.05, 0) is 35.3 Å². The van der Waals surface area contributed by atoms with Crippen molar-refractivity contribution >= 4 is 29.0 Å². The number of rotatable bonds is 2. The third-order valence-corrected chi connectivity index (χ3v) is 6.20. The molecule has 0 N–H and O–H groups in total. The molecule has 0 bridgehead atoms. The van der Waals surface area contributed by atoms with E-state index in [0.29, 0.717) is 0 Å². The van der Waals surface area contributed by atoms with Crippen molar-refractivity contribution < 1.29 is 4.79 Å². The van der Waals surface area contributed by atoms with E-state index in [4.69, 9.17) is 0 Å². The summed E-state index contributed by atoms with van der Waals surface area (Å²) in [5, 5.41) is 12.3. The summed E-state index contributed by atoms with van der Waals surface area (Å²) in [5.74, 6) is 2.21. The molecule has 0 saturated carbocycles. The van der Waals surface area contributed by atoms with Crippen LogP contribution < -0.4 is 0 Å². The Kier molecular flexibility index (Phi) is 3.42. The van der Waals surface area contributed by atoms with E-state index in [0.717, 1.165) is 54.4 Å². The van der Waals surface area contributed by atoms with E-state index in [9.17, 15) is 4.79 Å². The van der Waals surface area contributed by atoms with Crippen LogP contribution in [0, 0.1) is 0 Å². The molecule has 0 spiro atoms. The highest BCUT2D eigenvalue weighted by Crippen LogP contribution is 2.38. The number of amides is 1. The average Bonchev–Trinajstić information content (AvgIpc) is 3.23. The number of carbonyl (C=O) groups is 1. The minimum atomic E-state index is 0.153. The Morgan fingerprint density at radius 3 is 2.86 bits per heavy atom. The predicted octanol–water partition coefficient (Wildman–Crippen LogP) is 1.40. The lowest BCUT2D eigenvalue weighted by Crippen LogP contribution is -2.38. The van der Waals surface area contributed by atoms with Gasteiger partial charge in [-0.15, -0.1) is 16.4 Å². The van der Waals surface area contributed by atoms with Crippen LogP contribution in [0.1, 0.15) is 27.2 Å². The number of thioether (sulfide) groups is 1. The minimum Gasteiger partial charge on any atom is -0.337 e. The van der Waals surface area contributed by atoms with Crippen molar-refractivity contribution in [3.05, 3.63) is 22.3 Å². The number of hydrogen-bond donors (Lipinski definition) is 0. The van der Waals surface area contributed by atoms with Gasteiger partial charge < -0.3 is 4.90 Å². The molecule has 21 heavy (non-hydrogen) atoms. The van der Waals surface area contributed by atoms with E-state index in [1.54, 1.807) is 22.3 Å². The van der Waals surface area contributed by atoms with Crippen LogP contribution in [0.3, 0.4) is 0 Å². The number of thiophene rings is 1. The van der Waals surface area contributed by atoms with Crippen LogP contribution in [-0.4, -0.2) is 55.6 Å². The Labute approximate surface area is 130 Å². The monoisotopic (exact) mass is 321 g/mol. The Morgan fingerprint density at radius 2 is 2.10 bits per heavy atom. The fraction of sp³-hybridized carbons (Fsp3) is 0.538. The zero-order chi connectivity index (χ0) is 14.2. The Bertz CT molecular complexity index is 660. The zero-order valence-electron chi connectivity index (χ0n) is 11.5. The number of aryl methyl sites for hydroxylation is 1. The molecule has 1 fully saturated rings. The molecule has 1 amide bonds. The first-order valence-electron chi connectivity index (χ1n) is 7.09. The lowest BCUT2D eigenvalue weighted by atomic mass is 10.1. The predicted molar refractivity (Wildman–Crippen MR) is 82.3 cm³/mol. The number of fused-ring (bicyclic) bond motifs is 1. The normalized spacial score (nSPS) is 18.0. The summed E-state index contributed by atoms with van der Waals surface area (Å²) in [6.45, 7) is 1.67. The molecule has 8 heteroatoms. The van der Waals surface area contributed by atoms with Gasteiger partial charge in [0.05, 0.1) is 5.56 Å². The fourth-order valence-corrected chi connectivity index (χ4v) is 5.15. The molecule has 1 aliphatic carbocycles. The molecular formula is C13H15N5OS2. The summed E-state index contributed by atoms with van der Waals surface area (Å²) in [6, 6.07) is 0. The van der Waals surface area contributed by atoms with Crippen molar-refractivity contribution in [1.29, 1.82) is 0 Å². The second-order valence-corrected chi connectivity index (χ2v) is 7.50. The highest BCUT2D eigenvalue weighted by molar-refractivity contribution is 7.99. The molecule has 0 aromatic carbocycles. The number of hydrogen-bond acceptors (Lipinski definition) is 6. The molecule has 3 heterocycles. The van der Waals surface area contributed by atoms with Crippen molar-refractivity contribution in [2.45, 2.75) is 19.3 Å². The van der Waals surface area contributed by atoms with Crippen LogP contribution in [-0.2, 0) is 12.8 Å². The SMILES string of the molecule is O=C(c1c(-n2cnnn2)sc2c1CCC2)N1CCSCC1. The van der Waals surface area contributed by atoms with Crippen LogP contribution in [0.4, 0.5) is 0 Å². The minimum absolute atomic E-state index is 0.153. The van der Waals surface area contributed by atoms with E-state index in [1.807, 2.05) is 16.7 Å². The maximum absolute atomic E-state index is 13.0. The van der Waals surface area contributed by atoms with Crippen LogP contribution >= 0.6 is 23.1 Å². The standard InChI is InChI=1S/C13H15N5OS2/c19-12(17-4-6-20-7-5-17)11-9-2-1-3-10(9)21-13(11)18-8-14-15-16-18/h8H,1-7H2. The van der Waals surface area contributed by atoms with Crippen molar-refractivity contribution in [3.63, 3.8) is 0 Å². The molecule has 6 nitrogen and oxygen atoms in total. The topological polar surface area (TPSA) is 63.9 Å². The lowest BCUT2D eigenvalue weighted by Gasteiger charge is -2.26. The molecule has 2 aromatic rings. The van der Waals surface area contributed by atoms with Gasteiger partial charge in [-0.25, -0.2) is 0 Å². The van der Waals surface area contributed by atoms with Crippen molar-refractivity contribution in [1.82, 2.24) is 25.1 Å². The van der Waals surface area contributed by atoms with E-state index >= 15 is 0 Å². The van der Waals surface area contributed by atoms with Crippen molar-refractivity contribution in [2.75, 3.05) is 24.6 Å². The van der Waals surface area contributed by atoms with Crippen LogP contribution in [0.15, 0.2) is 6.33 Å². The average molecular weight is 321 g/mol. The number of tetrazole rings is 1. The molecule has 1 saturated heterocycles. The largest absolute Gasteiger partial charge is 0.337 e. The first kappa shape index (κ1) is 13.3. The van der Waals surface area contributed by atoms with Gasteiger partial charge in [0.15, 0.2) is 0 Å². The maximum Gasteiger partial charge on any atom is 0.257 e. The van der Waals surface area contributed by atoms with Gasteiger partial charge in [-0.3, -0.25) is 4.79 Å². The highest BCUT2D eigenvalue weighted by atomic mass is 32.2. The molecule has 2 aliphatic rings. The molecule has 2 aromatic heterocycles. The second-order valence-electron chi connectivity index (χ2n) is 5.20. The van der Waals surface area contributed by atoms with Gasteiger partial charge in [-0.1, -0.05) is 0 Å². The van der Waals surface area contributed by atoms with Crippen LogP contribution in [0.5, 0.6) is 0 Å². The van der Waals surface area contributed by atoms with Crippen molar-refractivity contribution in [3.8, 4) is 5.00 Å². The van der Waals surface area contributed by atoms with Crippen LogP contribution in [0.2, 0.25) is 0 Å². The van der Waals surface area contributed by atoms with Gasteiger partial charge in [0.2, 0.25) is 0 Å². The molecular weight excluding hydrogens is 306 g/mol. The summed E-state index contributed by atoms with van der Waals surface area (Å²) in [5.41, 5.74) is 2.07. The lowest BCUT2D eigenvalue weighted by molar-refractivity contribution is 0.0771. The van der Waals surface area contributed by atoms with E-state index in [-0.39, 0.29) is 5.91 Å². The summed E-state index contributed by atoms with van der Waals surface area (Å²) < 4.78 is 1.63. The smallest absolute Gasteiger partial charge is 0.257 e. The Hall–Kier alpha value is -1.41. The van der Waals surface area contributed by atoms with Gasteiger partial charge in [-0.2, -0.15) is 16.4 Å². The number of carbonyl (C=O) groups excluding carboxylic acids is 1. The quantitative estimate of drug-likeness (QED) is 0.836. The molecule has 0 atom stereocenters. The fourth-order valence-electron chi connectivity index (χ4n) is 2.95. The summed E-state index contributed by atoms with van der Waals surface area (Å²) >= 11 is 3.58. The summed E-state index contributed by atoms with van der Waals surface area (Å²) in [4.78, 5) is 16.3. The van der Waals surface area contributed by atoms with E-state index in [2.05, 4.69) is 15.5 Å². The Balaban J connectivity index is 1.77. The van der Waals surface area contributed by atoms with Crippen molar-refractivity contribution in [2.24, 2.45) is 0 Å². The molecule has 0 radical (unpaired) electrons.